The number of nitrogens with zero attached hydrogens (tertiary/aromatic N) is 4. The molecule has 1 aliphatic rings. The first-order valence-electron chi connectivity index (χ1n) is 8.43. The summed E-state index contributed by atoms with van der Waals surface area (Å²) in [6.07, 6.45) is 2.64. The van der Waals surface area contributed by atoms with Crippen molar-refractivity contribution < 1.29 is 4.52 Å². The molecule has 1 aromatic heterocycles. The number of benzene rings is 2. The molecule has 1 heterocycles. The summed E-state index contributed by atoms with van der Waals surface area (Å²) >= 11 is 0. The number of rotatable bonds is 5. The van der Waals surface area contributed by atoms with Crippen LogP contribution in [0.25, 0.3) is 32.9 Å². The predicted octanol–water partition coefficient (Wildman–Crippen LogP) is 6.00. The second-order valence-corrected chi connectivity index (χ2v) is 6.44. The molecule has 0 unspecified atom stereocenters. The van der Waals surface area contributed by atoms with Crippen molar-refractivity contribution in [2.45, 2.75) is 32.2 Å². The molecule has 3 aromatic rings. The molecule has 1 saturated carbocycles. The van der Waals surface area contributed by atoms with Crippen molar-refractivity contribution >= 4 is 0 Å². The van der Waals surface area contributed by atoms with Gasteiger partial charge in [0, 0.05) is 16.0 Å². The third-order valence-electron chi connectivity index (χ3n) is 4.72. The molecule has 25 heavy (non-hydrogen) atoms. The van der Waals surface area contributed by atoms with E-state index < -0.39 is 0 Å². The third-order valence-corrected chi connectivity index (χ3v) is 4.72. The van der Waals surface area contributed by atoms with Crippen molar-refractivity contribution in [2.75, 3.05) is 0 Å². The first kappa shape index (κ1) is 15.5. The van der Waals surface area contributed by atoms with Gasteiger partial charge in [-0.15, -0.1) is 0 Å². The van der Waals surface area contributed by atoms with Gasteiger partial charge in [0.1, 0.15) is 0 Å². The highest BCUT2D eigenvalue weighted by molar-refractivity contribution is 5.70. The van der Waals surface area contributed by atoms with Crippen LogP contribution in [0.5, 0.6) is 0 Å². The molecule has 0 bridgehead atoms. The maximum atomic E-state index is 8.54. The average molecular weight is 330 g/mol. The van der Waals surface area contributed by atoms with E-state index in [1.54, 1.807) is 0 Å². The van der Waals surface area contributed by atoms with Crippen molar-refractivity contribution in [1.29, 1.82) is 0 Å². The van der Waals surface area contributed by atoms with E-state index in [0.717, 1.165) is 22.7 Å². The van der Waals surface area contributed by atoms with Crippen LogP contribution in [0.2, 0.25) is 0 Å². The highest BCUT2D eigenvalue weighted by atomic mass is 16.5. The van der Waals surface area contributed by atoms with Gasteiger partial charge in [0.05, 0.1) is 12.2 Å². The van der Waals surface area contributed by atoms with Crippen LogP contribution >= 0.6 is 0 Å². The minimum Gasteiger partial charge on any atom is -0.356 e. The fourth-order valence-electron chi connectivity index (χ4n) is 3.08. The molecule has 0 amide bonds. The van der Waals surface area contributed by atoms with Crippen molar-refractivity contribution in [3.05, 3.63) is 75.8 Å². The maximum absolute atomic E-state index is 8.54. The van der Waals surface area contributed by atoms with E-state index >= 15 is 0 Å². The summed E-state index contributed by atoms with van der Waals surface area (Å²) in [6.45, 7) is 2.09. The van der Waals surface area contributed by atoms with Crippen LogP contribution in [0.4, 0.5) is 0 Å². The molecular formula is C20H18N4O. The second kappa shape index (κ2) is 6.46. The Kier molecular flexibility index (Phi) is 4.00. The van der Waals surface area contributed by atoms with Crippen LogP contribution in [-0.4, -0.2) is 5.16 Å². The Hall–Kier alpha value is -3.04. The van der Waals surface area contributed by atoms with Crippen LogP contribution in [0, 0.1) is 6.92 Å². The minimum absolute atomic E-state index is 0.242. The molecule has 124 valence electrons. The Morgan fingerprint density at radius 2 is 1.64 bits per heavy atom. The Morgan fingerprint density at radius 3 is 2.24 bits per heavy atom. The van der Waals surface area contributed by atoms with E-state index in [1.807, 2.05) is 19.1 Å². The second-order valence-electron chi connectivity index (χ2n) is 6.44. The number of aromatic nitrogens is 1. The van der Waals surface area contributed by atoms with Gasteiger partial charge >= 0.3 is 0 Å². The lowest BCUT2D eigenvalue weighted by atomic mass is 9.99. The normalized spacial score (nSPS) is 13.5. The molecule has 5 heteroatoms. The zero-order chi connectivity index (χ0) is 17.2. The largest absolute Gasteiger partial charge is 0.356 e. The standard InChI is InChI=1S/C20H18N4O/c1-13-19(12-22-24-21)20(25-23-13)18-10-8-17(9-11-18)16-6-4-15(5-7-16)14-2-3-14/h4-11,14H,2-3,12H2,1H3. The van der Waals surface area contributed by atoms with Crippen LogP contribution in [0.1, 0.15) is 35.6 Å². The third kappa shape index (κ3) is 3.14. The summed E-state index contributed by atoms with van der Waals surface area (Å²) < 4.78 is 5.44. The van der Waals surface area contributed by atoms with Crippen molar-refractivity contribution in [2.24, 2.45) is 5.11 Å². The van der Waals surface area contributed by atoms with E-state index in [2.05, 4.69) is 51.6 Å². The highest BCUT2D eigenvalue weighted by Gasteiger charge is 2.23. The molecule has 0 aliphatic heterocycles. The fraction of sp³-hybridized carbons (Fsp3) is 0.250. The van der Waals surface area contributed by atoms with E-state index in [4.69, 9.17) is 10.1 Å². The van der Waals surface area contributed by atoms with E-state index in [1.165, 1.54) is 29.5 Å². The monoisotopic (exact) mass is 330 g/mol. The first-order chi connectivity index (χ1) is 12.3. The molecule has 4 rings (SSSR count). The zero-order valence-electron chi connectivity index (χ0n) is 14.0. The fourth-order valence-corrected chi connectivity index (χ4v) is 3.08. The molecule has 0 radical (unpaired) electrons. The van der Waals surface area contributed by atoms with Gasteiger partial charge < -0.3 is 4.52 Å². The van der Waals surface area contributed by atoms with Gasteiger partial charge in [0.2, 0.25) is 0 Å². The summed E-state index contributed by atoms with van der Waals surface area (Å²) in [6, 6.07) is 17.0. The van der Waals surface area contributed by atoms with Crippen LogP contribution < -0.4 is 0 Å². The van der Waals surface area contributed by atoms with Gasteiger partial charge in [-0.1, -0.05) is 58.8 Å². The van der Waals surface area contributed by atoms with Crippen molar-refractivity contribution in [1.82, 2.24) is 5.16 Å². The molecule has 0 atom stereocenters. The van der Waals surface area contributed by atoms with Gasteiger partial charge in [-0.2, -0.15) is 0 Å². The van der Waals surface area contributed by atoms with Gasteiger partial charge in [-0.3, -0.25) is 0 Å². The summed E-state index contributed by atoms with van der Waals surface area (Å²) in [5.74, 6) is 1.45. The topological polar surface area (TPSA) is 74.8 Å². The van der Waals surface area contributed by atoms with Crippen LogP contribution in [0.15, 0.2) is 58.2 Å². The predicted molar refractivity (Wildman–Crippen MR) is 96.9 cm³/mol. The van der Waals surface area contributed by atoms with Crippen molar-refractivity contribution in [3.63, 3.8) is 0 Å². The quantitative estimate of drug-likeness (QED) is 0.326. The summed E-state index contributed by atoms with van der Waals surface area (Å²) in [5, 5.41) is 7.63. The zero-order valence-corrected chi connectivity index (χ0v) is 14.0. The van der Waals surface area contributed by atoms with Gasteiger partial charge in [-0.25, -0.2) is 0 Å². The molecule has 1 fully saturated rings. The van der Waals surface area contributed by atoms with Gasteiger partial charge in [0.25, 0.3) is 0 Å². The number of aryl methyl sites for hydroxylation is 1. The number of hydrogen-bond acceptors (Lipinski definition) is 3. The Morgan fingerprint density at radius 1 is 1.04 bits per heavy atom. The molecule has 0 saturated heterocycles. The number of azide groups is 1. The smallest absolute Gasteiger partial charge is 0.170 e. The molecule has 5 nitrogen and oxygen atoms in total. The SMILES string of the molecule is Cc1noc(-c2ccc(-c3ccc(C4CC4)cc3)cc2)c1CN=[N+]=[N-]. The molecule has 0 N–H and O–H groups in total. The van der Waals surface area contributed by atoms with Crippen molar-refractivity contribution in [3.8, 4) is 22.5 Å². The molecule has 1 aliphatic carbocycles. The van der Waals surface area contributed by atoms with Crippen LogP contribution in [0.3, 0.4) is 0 Å². The lowest BCUT2D eigenvalue weighted by Crippen LogP contribution is -1.86. The van der Waals surface area contributed by atoms with E-state index in [0.29, 0.717) is 5.76 Å². The summed E-state index contributed by atoms with van der Waals surface area (Å²) in [5.41, 5.74) is 14.9. The Balaban J connectivity index is 1.60. The summed E-state index contributed by atoms with van der Waals surface area (Å²) in [4.78, 5) is 2.82. The Labute approximate surface area is 145 Å². The highest BCUT2D eigenvalue weighted by Crippen LogP contribution is 2.40. The van der Waals surface area contributed by atoms with E-state index in [-0.39, 0.29) is 6.54 Å². The van der Waals surface area contributed by atoms with Gasteiger partial charge in [-0.05, 0) is 47.9 Å². The average Bonchev–Trinajstić information content (AvgIpc) is 3.44. The van der Waals surface area contributed by atoms with Gasteiger partial charge in [0.15, 0.2) is 5.76 Å². The number of hydrogen-bond donors (Lipinski definition) is 0. The lowest BCUT2D eigenvalue weighted by molar-refractivity contribution is 0.426. The Bertz CT molecular complexity index is 931. The van der Waals surface area contributed by atoms with E-state index in [9.17, 15) is 0 Å². The molecule has 0 spiro atoms. The summed E-state index contributed by atoms with van der Waals surface area (Å²) in [7, 11) is 0. The lowest BCUT2D eigenvalue weighted by Gasteiger charge is -2.05. The minimum atomic E-state index is 0.242. The molecule has 2 aromatic carbocycles. The maximum Gasteiger partial charge on any atom is 0.170 e. The first-order valence-corrected chi connectivity index (χ1v) is 8.43. The van der Waals surface area contributed by atoms with Crippen LogP contribution in [-0.2, 0) is 6.54 Å². The molecular weight excluding hydrogens is 312 g/mol.